The topological polar surface area (TPSA) is 113 Å². The second kappa shape index (κ2) is 8.29. The second-order valence-corrected chi connectivity index (χ2v) is 9.07. The molecule has 0 bridgehead atoms. The molecule has 9 heteroatoms. The Morgan fingerprint density at radius 3 is 2.56 bits per heavy atom. The standard InChI is InChI=1S/C16H21BrN2O5S/c1-25(23,24)14-7-6-11(17)8-13(14)19-16(22)15(21)18-12-5-3-2-4-10(12)9-20/h6-8,10,12,20H,2-5,9H2,1H3,(H,18,21)(H,19,22)/t10-,12-/m0/s1. The molecule has 1 aromatic rings. The van der Waals surface area contributed by atoms with Crippen LogP contribution in [-0.4, -0.2) is 44.2 Å². The first-order chi connectivity index (χ1) is 11.7. The van der Waals surface area contributed by atoms with Crippen LogP contribution in [0, 0.1) is 5.92 Å². The van der Waals surface area contributed by atoms with Crippen LogP contribution in [0.1, 0.15) is 25.7 Å². The lowest BCUT2D eigenvalue weighted by Gasteiger charge is -2.30. The zero-order valence-corrected chi connectivity index (χ0v) is 16.2. The van der Waals surface area contributed by atoms with Gasteiger partial charge in [-0.15, -0.1) is 0 Å². The molecule has 1 aliphatic carbocycles. The van der Waals surface area contributed by atoms with Gasteiger partial charge in [0.05, 0.1) is 10.6 Å². The molecule has 2 rings (SSSR count). The van der Waals surface area contributed by atoms with Gasteiger partial charge in [-0.2, -0.15) is 0 Å². The van der Waals surface area contributed by atoms with E-state index in [1.807, 2.05) is 0 Å². The van der Waals surface area contributed by atoms with E-state index in [1.165, 1.54) is 12.1 Å². The monoisotopic (exact) mass is 432 g/mol. The van der Waals surface area contributed by atoms with Crippen LogP contribution in [0.2, 0.25) is 0 Å². The molecule has 2 atom stereocenters. The van der Waals surface area contributed by atoms with Gasteiger partial charge in [0.1, 0.15) is 0 Å². The van der Waals surface area contributed by atoms with Crippen molar-refractivity contribution in [3.05, 3.63) is 22.7 Å². The number of amides is 2. The highest BCUT2D eigenvalue weighted by Gasteiger charge is 2.28. The summed E-state index contributed by atoms with van der Waals surface area (Å²) < 4.78 is 24.2. The number of benzene rings is 1. The molecule has 1 aliphatic rings. The van der Waals surface area contributed by atoms with E-state index in [9.17, 15) is 23.1 Å². The minimum atomic E-state index is -3.56. The summed E-state index contributed by atoms with van der Waals surface area (Å²) in [7, 11) is -3.56. The first kappa shape index (κ1) is 19.9. The number of aliphatic hydroxyl groups is 1. The molecular weight excluding hydrogens is 412 g/mol. The first-order valence-corrected chi connectivity index (χ1v) is 10.6. The van der Waals surface area contributed by atoms with Crippen molar-refractivity contribution in [3.63, 3.8) is 0 Å². The Balaban J connectivity index is 2.11. The van der Waals surface area contributed by atoms with Gasteiger partial charge in [0.2, 0.25) is 0 Å². The molecule has 138 valence electrons. The van der Waals surface area contributed by atoms with Gasteiger partial charge in [-0.05, 0) is 31.0 Å². The zero-order chi connectivity index (χ0) is 18.6. The fourth-order valence-electron chi connectivity index (χ4n) is 2.95. The first-order valence-electron chi connectivity index (χ1n) is 7.94. The molecule has 7 nitrogen and oxygen atoms in total. The highest BCUT2D eigenvalue weighted by Crippen LogP contribution is 2.26. The van der Waals surface area contributed by atoms with Crippen LogP contribution in [0.15, 0.2) is 27.6 Å². The maximum atomic E-state index is 12.2. The number of anilines is 1. The van der Waals surface area contributed by atoms with Crippen molar-refractivity contribution in [3.8, 4) is 0 Å². The van der Waals surface area contributed by atoms with Crippen molar-refractivity contribution in [1.82, 2.24) is 5.32 Å². The van der Waals surface area contributed by atoms with E-state index >= 15 is 0 Å². The van der Waals surface area contributed by atoms with Gasteiger partial charge in [-0.3, -0.25) is 9.59 Å². The van der Waals surface area contributed by atoms with E-state index in [-0.39, 0.29) is 29.1 Å². The molecule has 0 aromatic heterocycles. The molecule has 1 fully saturated rings. The predicted octanol–water partition coefficient (Wildman–Crippen LogP) is 1.46. The fourth-order valence-corrected chi connectivity index (χ4v) is 4.14. The molecule has 0 radical (unpaired) electrons. The summed E-state index contributed by atoms with van der Waals surface area (Å²) in [6.07, 6.45) is 4.44. The average Bonchev–Trinajstić information content (AvgIpc) is 2.54. The fraction of sp³-hybridized carbons (Fsp3) is 0.500. The van der Waals surface area contributed by atoms with E-state index in [0.717, 1.165) is 25.5 Å². The lowest BCUT2D eigenvalue weighted by atomic mass is 9.85. The second-order valence-electron chi connectivity index (χ2n) is 6.17. The van der Waals surface area contributed by atoms with E-state index in [0.29, 0.717) is 10.9 Å². The number of rotatable bonds is 4. The number of halogens is 1. The van der Waals surface area contributed by atoms with Gasteiger partial charge in [-0.1, -0.05) is 28.8 Å². The van der Waals surface area contributed by atoms with Crippen molar-refractivity contribution in [2.75, 3.05) is 18.2 Å². The summed E-state index contributed by atoms with van der Waals surface area (Å²) >= 11 is 3.21. The van der Waals surface area contributed by atoms with Crippen LogP contribution < -0.4 is 10.6 Å². The van der Waals surface area contributed by atoms with Crippen LogP contribution in [0.3, 0.4) is 0 Å². The average molecular weight is 433 g/mol. The van der Waals surface area contributed by atoms with Gasteiger partial charge in [0, 0.05) is 29.3 Å². The maximum absolute atomic E-state index is 12.2. The van der Waals surface area contributed by atoms with Gasteiger partial charge < -0.3 is 15.7 Å². The Morgan fingerprint density at radius 1 is 1.24 bits per heavy atom. The van der Waals surface area contributed by atoms with Crippen LogP contribution in [0.5, 0.6) is 0 Å². The lowest BCUT2D eigenvalue weighted by molar-refractivity contribution is -0.137. The van der Waals surface area contributed by atoms with Crippen molar-refractivity contribution in [2.45, 2.75) is 36.6 Å². The SMILES string of the molecule is CS(=O)(=O)c1ccc(Br)cc1NC(=O)C(=O)N[C@H]1CCCC[C@H]1CO. The highest BCUT2D eigenvalue weighted by atomic mass is 79.9. The molecule has 0 spiro atoms. The number of hydrogen-bond donors (Lipinski definition) is 3. The molecule has 2 amide bonds. The number of carbonyl (C=O) groups is 2. The Morgan fingerprint density at radius 2 is 1.92 bits per heavy atom. The maximum Gasteiger partial charge on any atom is 0.313 e. The van der Waals surface area contributed by atoms with Crippen LogP contribution >= 0.6 is 15.9 Å². The molecule has 0 saturated heterocycles. The smallest absolute Gasteiger partial charge is 0.313 e. The number of hydrogen-bond acceptors (Lipinski definition) is 5. The van der Waals surface area contributed by atoms with Gasteiger partial charge in [-0.25, -0.2) is 8.42 Å². The van der Waals surface area contributed by atoms with Crippen LogP contribution in [-0.2, 0) is 19.4 Å². The number of sulfone groups is 1. The van der Waals surface area contributed by atoms with Crippen LogP contribution in [0.4, 0.5) is 5.69 Å². The summed E-state index contributed by atoms with van der Waals surface area (Å²) in [6.45, 7) is -0.0452. The number of nitrogens with one attached hydrogen (secondary N) is 2. The quantitative estimate of drug-likeness (QED) is 0.623. The van der Waals surface area contributed by atoms with E-state index in [2.05, 4.69) is 26.6 Å². The zero-order valence-electron chi connectivity index (χ0n) is 13.8. The third-order valence-electron chi connectivity index (χ3n) is 4.26. The van der Waals surface area contributed by atoms with Crippen molar-refractivity contribution in [1.29, 1.82) is 0 Å². The van der Waals surface area contributed by atoms with Gasteiger partial charge in [0.25, 0.3) is 0 Å². The summed E-state index contributed by atoms with van der Waals surface area (Å²) in [5.41, 5.74) is 0.0411. The third kappa shape index (κ3) is 5.26. The molecule has 0 unspecified atom stereocenters. The highest BCUT2D eigenvalue weighted by molar-refractivity contribution is 9.10. The largest absolute Gasteiger partial charge is 0.396 e. The van der Waals surface area contributed by atoms with E-state index in [1.54, 1.807) is 6.07 Å². The molecule has 1 saturated carbocycles. The number of carbonyl (C=O) groups excluding carboxylic acids is 2. The van der Waals surface area contributed by atoms with Crippen molar-refractivity contribution in [2.24, 2.45) is 5.92 Å². The Labute approximate surface area is 155 Å². The van der Waals surface area contributed by atoms with E-state index < -0.39 is 21.7 Å². The predicted molar refractivity (Wildman–Crippen MR) is 96.9 cm³/mol. The lowest BCUT2D eigenvalue weighted by Crippen LogP contribution is -2.47. The van der Waals surface area contributed by atoms with Gasteiger partial charge in [0.15, 0.2) is 9.84 Å². The van der Waals surface area contributed by atoms with Crippen molar-refractivity contribution >= 4 is 43.3 Å². The molecule has 0 heterocycles. The summed E-state index contributed by atoms with van der Waals surface area (Å²) in [6, 6.07) is 4.07. The Bertz CT molecular complexity index is 766. The summed E-state index contributed by atoms with van der Waals surface area (Å²) in [5.74, 6) is -1.85. The van der Waals surface area contributed by atoms with Crippen LogP contribution in [0.25, 0.3) is 0 Å². The minimum absolute atomic E-state index is 0.0411. The molecule has 25 heavy (non-hydrogen) atoms. The molecule has 0 aliphatic heterocycles. The Kier molecular flexibility index (Phi) is 6.59. The third-order valence-corrected chi connectivity index (χ3v) is 5.90. The molecule has 3 N–H and O–H groups in total. The van der Waals surface area contributed by atoms with Crippen molar-refractivity contribution < 1.29 is 23.1 Å². The normalized spacial score (nSPS) is 20.8. The summed E-state index contributed by atoms with van der Waals surface area (Å²) in [5, 5.41) is 14.4. The summed E-state index contributed by atoms with van der Waals surface area (Å²) in [4.78, 5) is 24.3. The van der Waals surface area contributed by atoms with Gasteiger partial charge >= 0.3 is 11.8 Å². The Hall–Kier alpha value is -1.45. The number of aliphatic hydroxyl groups excluding tert-OH is 1. The molecule has 1 aromatic carbocycles. The van der Waals surface area contributed by atoms with E-state index in [4.69, 9.17) is 0 Å². The molecular formula is C16H21BrN2O5S. The minimum Gasteiger partial charge on any atom is -0.396 e.